The largest absolute Gasteiger partial charge is 0.493 e. The molecule has 0 atom stereocenters. The Morgan fingerprint density at radius 3 is 2.73 bits per heavy atom. The van der Waals surface area contributed by atoms with Gasteiger partial charge in [0, 0.05) is 25.3 Å². The molecule has 0 saturated heterocycles. The van der Waals surface area contributed by atoms with Crippen LogP contribution in [0.4, 0.5) is 5.69 Å². The molecular weight excluding hydrogens is 298 g/mol. The third kappa shape index (κ3) is 6.47. The fourth-order valence-electron chi connectivity index (χ4n) is 1.92. The number of anilines is 1. The van der Waals surface area contributed by atoms with Crippen LogP contribution in [0, 0.1) is 0 Å². The van der Waals surface area contributed by atoms with Crippen LogP contribution in [-0.2, 0) is 0 Å². The van der Waals surface area contributed by atoms with Gasteiger partial charge in [-0.1, -0.05) is 0 Å². The maximum Gasteiger partial charge on any atom is 0.195 e. The van der Waals surface area contributed by atoms with E-state index >= 15 is 0 Å². The molecule has 1 aromatic rings. The summed E-state index contributed by atoms with van der Waals surface area (Å²) in [6.07, 6.45) is 4.48. The Labute approximate surface area is 137 Å². The molecule has 0 saturated carbocycles. The minimum absolute atomic E-state index is 0.599. The van der Waals surface area contributed by atoms with Crippen LogP contribution in [0.3, 0.4) is 0 Å². The highest BCUT2D eigenvalue weighted by Crippen LogP contribution is 2.30. The molecule has 5 nitrogen and oxygen atoms in total. The maximum absolute atomic E-state index is 5.58. The first-order chi connectivity index (χ1) is 10.7. The predicted octanol–water partition coefficient (Wildman–Crippen LogP) is 3.22. The standard InChI is InChI=1S/C16H27N3O2S/c1-5-21-15-12-13(8-9-14(15)20-3)19-16(17-2)18-10-6-7-11-22-4/h8-9,12H,5-7,10-11H2,1-4H3,(H2,17,18,19). The molecular formula is C16H27N3O2S. The monoisotopic (exact) mass is 325 g/mol. The molecule has 1 rings (SSSR count). The van der Waals surface area contributed by atoms with Gasteiger partial charge in [-0.15, -0.1) is 0 Å². The van der Waals surface area contributed by atoms with Crippen LogP contribution in [0.25, 0.3) is 0 Å². The molecule has 0 unspecified atom stereocenters. The number of guanidine groups is 1. The molecule has 0 amide bonds. The van der Waals surface area contributed by atoms with Crippen LogP contribution in [0.15, 0.2) is 23.2 Å². The molecule has 1 aromatic carbocycles. The molecule has 0 spiro atoms. The molecule has 22 heavy (non-hydrogen) atoms. The van der Waals surface area contributed by atoms with Crippen LogP contribution < -0.4 is 20.1 Å². The van der Waals surface area contributed by atoms with E-state index in [9.17, 15) is 0 Å². The maximum atomic E-state index is 5.58. The lowest BCUT2D eigenvalue weighted by molar-refractivity contribution is 0.311. The molecule has 0 aliphatic rings. The second-order valence-electron chi connectivity index (χ2n) is 4.62. The third-order valence-corrected chi connectivity index (χ3v) is 3.71. The van der Waals surface area contributed by atoms with E-state index in [1.54, 1.807) is 14.2 Å². The van der Waals surface area contributed by atoms with E-state index < -0.39 is 0 Å². The summed E-state index contributed by atoms with van der Waals surface area (Å²) < 4.78 is 10.9. The minimum Gasteiger partial charge on any atom is -0.493 e. The Morgan fingerprint density at radius 2 is 2.09 bits per heavy atom. The number of hydrogen-bond acceptors (Lipinski definition) is 4. The van der Waals surface area contributed by atoms with Crippen LogP contribution >= 0.6 is 11.8 Å². The van der Waals surface area contributed by atoms with Crippen molar-refractivity contribution in [2.45, 2.75) is 19.8 Å². The number of hydrogen-bond donors (Lipinski definition) is 2. The van der Waals surface area contributed by atoms with Crippen molar-refractivity contribution >= 4 is 23.4 Å². The van der Waals surface area contributed by atoms with Crippen molar-refractivity contribution < 1.29 is 9.47 Å². The van der Waals surface area contributed by atoms with Crippen molar-refractivity contribution in [2.75, 3.05) is 44.6 Å². The zero-order chi connectivity index (χ0) is 16.2. The zero-order valence-corrected chi connectivity index (χ0v) is 14.8. The van der Waals surface area contributed by atoms with E-state index in [1.807, 2.05) is 36.9 Å². The van der Waals surface area contributed by atoms with Crippen LogP contribution in [0.5, 0.6) is 11.5 Å². The summed E-state index contributed by atoms with van der Waals surface area (Å²) in [6, 6.07) is 5.75. The highest BCUT2D eigenvalue weighted by Gasteiger charge is 2.06. The molecule has 0 heterocycles. The highest BCUT2D eigenvalue weighted by molar-refractivity contribution is 7.98. The molecule has 0 aromatic heterocycles. The van der Waals surface area contributed by atoms with Gasteiger partial charge in [0.05, 0.1) is 13.7 Å². The van der Waals surface area contributed by atoms with E-state index in [0.29, 0.717) is 6.61 Å². The van der Waals surface area contributed by atoms with Crippen molar-refractivity contribution in [3.05, 3.63) is 18.2 Å². The Kier molecular flexibility index (Phi) is 9.30. The van der Waals surface area contributed by atoms with Crippen molar-refractivity contribution in [2.24, 2.45) is 4.99 Å². The van der Waals surface area contributed by atoms with Gasteiger partial charge in [0.15, 0.2) is 17.5 Å². The van der Waals surface area contributed by atoms with Gasteiger partial charge in [-0.2, -0.15) is 11.8 Å². The lowest BCUT2D eigenvalue weighted by Gasteiger charge is -2.14. The van der Waals surface area contributed by atoms with Gasteiger partial charge < -0.3 is 20.1 Å². The Morgan fingerprint density at radius 1 is 1.27 bits per heavy atom. The fraction of sp³-hybridized carbons (Fsp3) is 0.562. The summed E-state index contributed by atoms with van der Waals surface area (Å²) in [5.74, 6) is 3.42. The first kappa shape index (κ1) is 18.5. The Bertz CT molecular complexity index is 467. The van der Waals surface area contributed by atoms with Crippen LogP contribution in [0.1, 0.15) is 19.8 Å². The van der Waals surface area contributed by atoms with Crippen LogP contribution in [-0.4, -0.2) is 45.3 Å². The van der Waals surface area contributed by atoms with Gasteiger partial charge in [0.1, 0.15) is 0 Å². The molecule has 0 radical (unpaired) electrons. The third-order valence-electron chi connectivity index (χ3n) is 3.02. The molecule has 0 bridgehead atoms. The van der Waals surface area contributed by atoms with E-state index in [-0.39, 0.29) is 0 Å². The summed E-state index contributed by atoms with van der Waals surface area (Å²) in [5, 5.41) is 6.58. The van der Waals surface area contributed by atoms with E-state index in [4.69, 9.17) is 9.47 Å². The SMILES string of the molecule is CCOc1cc(NC(=NC)NCCCCSC)ccc1OC. The van der Waals surface area contributed by atoms with E-state index in [0.717, 1.165) is 36.1 Å². The summed E-state index contributed by atoms with van der Waals surface area (Å²) in [5.41, 5.74) is 0.918. The predicted molar refractivity (Wildman–Crippen MR) is 96.8 cm³/mol. The number of ether oxygens (including phenoxy) is 2. The van der Waals surface area contributed by atoms with Crippen molar-refractivity contribution in [1.29, 1.82) is 0 Å². The van der Waals surface area contributed by atoms with Crippen LogP contribution in [0.2, 0.25) is 0 Å². The summed E-state index contributed by atoms with van der Waals surface area (Å²) in [7, 11) is 3.41. The number of benzene rings is 1. The molecule has 124 valence electrons. The number of thioether (sulfide) groups is 1. The molecule has 0 aliphatic heterocycles. The lowest BCUT2D eigenvalue weighted by Crippen LogP contribution is -2.31. The topological polar surface area (TPSA) is 54.9 Å². The molecule has 2 N–H and O–H groups in total. The van der Waals surface area contributed by atoms with Gasteiger partial charge in [-0.05, 0) is 43.9 Å². The first-order valence-electron chi connectivity index (χ1n) is 7.52. The molecule has 6 heteroatoms. The summed E-state index contributed by atoms with van der Waals surface area (Å²) >= 11 is 1.88. The van der Waals surface area contributed by atoms with Crippen molar-refractivity contribution in [3.63, 3.8) is 0 Å². The Hall–Kier alpha value is -1.56. The Balaban J connectivity index is 2.57. The normalized spacial score (nSPS) is 11.2. The lowest BCUT2D eigenvalue weighted by atomic mass is 10.2. The fourth-order valence-corrected chi connectivity index (χ4v) is 2.41. The van der Waals surface area contributed by atoms with Gasteiger partial charge >= 0.3 is 0 Å². The second-order valence-corrected chi connectivity index (χ2v) is 5.61. The molecule has 0 fully saturated rings. The van der Waals surface area contributed by atoms with Gasteiger partial charge in [-0.3, -0.25) is 4.99 Å². The van der Waals surface area contributed by atoms with Gasteiger partial charge in [-0.25, -0.2) is 0 Å². The van der Waals surface area contributed by atoms with E-state index in [1.165, 1.54) is 12.2 Å². The highest BCUT2D eigenvalue weighted by atomic mass is 32.2. The van der Waals surface area contributed by atoms with E-state index in [2.05, 4.69) is 21.9 Å². The average Bonchev–Trinajstić information content (AvgIpc) is 2.54. The van der Waals surface area contributed by atoms with Crippen molar-refractivity contribution in [3.8, 4) is 11.5 Å². The number of rotatable bonds is 9. The number of unbranched alkanes of at least 4 members (excludes halogenated alkanes) is 1. The van der Waals surface area contributed by atoms with Gasteiger partial charge in [0.25, 0.3) is 0 Å². The number of methoxy groups -OCH3 is 1. The summed E-state index contributed by atoms with van der Waals surface area (Å²) in [4.78, 5) is 4.24. The quantitative estimate of drug-likeness (QED) is 0.415. The van der Waals surface area contributed by atoms with Crippen molar-refractivity contribution in [1.82, 2.24) is 5.32 Å². The number of nitrogens with one attached hydrogen (secondary N) is 2. The summed E-state index contributed by atoms with van der Waals surface area (Å²) in [6.45, 7) is 3.46. The second kappa shape index (κ2) is 11.1. The number of nitrogens with zero attached hydrogens (tertiary/aromatic N) is 1. The van der Waals surface area contributed by atoms with Gasteiger partial charge in [0.2, 0.25) is 0 Å². The smallest absolute Gasteiger partial charge is 0.195 e. The first-order valence-corrected chi connectivity index (χ1v) is 8.92. The minimum atomic E-state index is 0.599. The zero-order valence-electron chi connectivity index (χ0n) is 13.9. The molecule has 0 aliphatic carbocycles. The number of aliphatic imine (C=N–C) groups is 1. The average molecular weight is 325 g/mol.